The first kappa shape index (κ1) is 14.2. The second-order valence-electron chi connectivity index (χ2n) is 5.95. The largest absolute Gasteiger partial charge is 0.338 e. The van der Waals surface area contributed by atoms with Crippen LogP contribution in [0.25, 0.3) is 11.1 Å². The van der Waals surface area contributed by atoms with E-state index < -0.39 is 0 Å². The highest BCUT2D eigenvalue weighted by molar-refractivity contribution is 5.70. The number of hydrogen-bond acceptors (Lipinski definition) is 4. The molecule has 0 radical (unpaired) electrons. The number of hydrogen-bond donors (Lipinski definition) is 0. The molecule has 4 nitrogen and oxygen atoms in total. The first-order valence-corrected chi connectivity index (χ1v) is 8.11. The minimum atomic E-state index is 0.845. The summed E-state index contributed by atoms with van der Waals surface area (Å²) in [6.07, 6.45) is 3.62. The maximum absolute atomic E-state index is 4.35. The fourth-order valence-electron chi connectivity index (χ4n) is 3.22. The minimum Gasteiger partial charge on any atom is -0.338 e. The Hall–Kier alpha value is -2.46. The molecule has 0 N–H and O–H groups in total. The lowest BCUT2D eigenvalue weighted by atomic mass is 10.1. The van der Waals surface area contributed by atoms with Crippen molar-refractivity contribution < 1.29 is 0 Å². The van der Waals surface area contributed by atoms with Gasteiger partial charge in [0.2, 0.25) is 5.95 Å². The first-order valence-electron chi connectivity index (χ1n) is 8.11. The van der Waals surface area contributed by atoms with E-state index in [9.17, 15) is 0 Å². The fraction of sp³-hybridized carbons (Fsp3) is 0.263. The Morgan fingerprint density at radius 1 is 0.783 bits per heavy atom. The van der Waals surface area contributed by atoms with Crippen LogP contribution < -0.4 is 4.90 Å². The topological polar surface area (TPSA) is 32.3 Å². The van der Waals surface area contributed by atoms with Crippen LogP contribution in [0, 0.1) is 0 Å². The van der Waals surface area contributed by atoms with E-state index in [0.717, 1.165) is 38.7 Å². The van der Waals surface area contributed by atoms with Gasteiger partial charge in [-0.2, -0.15) is 0 Å². The first-order chi connectivity index (χ1) is 11.4. The molecular formula is C19H20N4. The number of rotatable bonds is 3. The lowest BCUT2D eigenvalue weighted by Crippen LogP contribution is -2.46. The molecule has 0 aromatic carbocycles. The van der Waals surface area contributed by atoms with E-state index in [1.54, 1.807) is 0 Å². The molecule has 0 unspecified atom stereocenters. The van der Waals surface area contributed by atoms with Gasteiger partial charge in [-0.1, -0.05) is 42.5 Å². The molecule has 0 atom stereocenters. The Kier molecular flexibility index (Phi) is 3.90. The van der Waals surface area contributed by atoms with Crippen molar-refractivity contribution in [3.63, 3.8) is 0 Å². The van der Waals surface area contributed by atoms with Crippen LogP contribution in [-0.2, 0) is 6.54 Å². The molecule has 0 saturated carbocycles. The standard InChI is InChI=1S/C19H20N4/c1-2-5-16-7-8-17(18(16)6-3-1)15-22-11-13-23(14-12-22)19-20-9-4-10-21-19/h1-10H,11-15H2. The molecule has 1 aromatic rings. The van der Waals surface area contributed by atoms with Gasteiger partial charge in [0.05, 0.1) is 0 Å². The van der Waals surface area contributed by atoms with Gasteiger partial charge in [-0.25, -0.2) is 9.97 Å². The van der Waals surface area contributed by atoms with Crippen molar-refractivity contribution >= 4 is 5.95 Å². The lowest BCUT2D eigenvalue weighted by Gasteiger charge is -2.34. The van der Waals surface area contributed by atoms with E-state index in [2.05, 4.69) is 62.2 Å². The van der Waals surface area contributed by atoms with Crippen LogP contribution in [0.15, 0.2) is 60.9 Å². The maximum atomic E-state index is 4.35. The third-order valence-corrected chi connectivity index (χ3v) is 4.48. The molecule has 3 aliphatic rings. The Morgan fingerprint density at radius 2 is 1.57 bits per heavy atom. The van der Waals surface area contributed by atoms with E-state index in [-0.39, 0.29) is 0 Å². The predicted octanol–water partition coefficient (Wildman–Crippen LogP) is 2.90. The van der Waals surface area contributed by atoms with Gasteiger partial charge >= 0.3 is 0 Å². The summed E-state index contributed by atoms with van der Waals surface area (Å²) in [6.45, 7) is 5.07. The quantitative estimate of drug-likeness (QED) is 0.745. The molecule has 0 spiro atoms. The zero-order valence-electron chi connectivity index (χ0n) is 13.1. The molecule has 1 fully saturated rings. The summed E-state index contributed by atoms with van der Waals surface area (Å²) in [5.41, 5.74) is 4.10. The van der Waals surface area contributed by atoms with Crippen LogP contribution in [0.2, 0.25) is 0 Å². The highest BCUT2D eigenvalue weighted by Gasteiger charge is 2.20. The maximum Gasteiger partial charge on any atom is 0.225 e. The Bertz CT molecular complexity index is 735. The summed E-state index contributed by atoms with van der Waals surface area (Å²) in [5.74, 6) is 0.845. The summed E-state index contributed by atoms with van der Waals surface area (Å²) < 4.78 is 0. The third kappa shape index (κ3) is 3.03. The lowest BCUT2D eigenvalue weighted by molar-refractivity contribution is 0.249. The van der Waals surface area contributed by atoms with Crippen LogP contribution in [-0.4, -0.2) is 41.0 Å². The average molecular weight is 304 g/mol. The molecule has 4 rings (SSSR count). The van der Waals surface area contributed by atoms with Crippen LogP contribution >= 0.6 is 0 Å². The fourth-order valence-corrected chi connectivity index (χ4v) is 3.22. The molecule has 2 heterocycles. The van der Waals surface area contributed by atoms with Crippen LogP contribution in [0.3, 0.4) is 0 Å². The molecule has 1 aliphatic heterocycles. The Balaban J connectivity index is 1.42. The van der Waals surface area contributed by atoms with Crippen LogP contribution in [0.5, 0.6) is 0 Å². The number of piperazine rings is 1. The number of fused-ring (bicyclic) bond motifs is 1. The van der Waals surface area contributed by atoms with Gasteiger partial charge in [0.15, 0.2) is 0 Å². The average Bonchev–Trinajstić information content (AvgIpc) is 2.83. The molecule has 23 heavy (non-hydrogen) atoms. The van der Waals surface area contributed by atoms with Crippen molar-refractivity contribution in [3.05, 3.63) is 66.5 Å². The summed E-state index contributed by atoms with van der Waals surface area (Å²) in [5, 5.41) is 0. The Labute approximate surface area is 136 Å². The summed E-state index contributed by atoms with van der Waals surface area (Å²) in [6, 6.07) is 17.1. The van der Waals surface area contributed by atoms with E-state index in [4.69, 9.17) is 0 Å². The summed E-state index contributed by atoms with van der Waals surface area (Å²) >= 11 is 0. The van der Waals surface area contributed by atoms with Crippen molar-refractivity contribution in [2.75, 3.05) is 31.1 Å². The molecule has 116 valence electrons. The van der Waals surface area contributed by atoms with Gasteiger partial charge in [0.25, 0.3) is 0 Å². The SMILES string of the molecule is c1ccc2ccc(CN3CCN(c4ncccn4)CC3)c-2cc1. The molecule has 4 heteroatoms. The van der Waals surface area contributed by atoms with Crippen molar-refractivity contribution in [1.29, 1.82) is 0 Å². The number of anilines is 1. The monoisotopic (exact) mass is 304 g/mol. The van der Waals surface area contributed by atoms with E-state index in [1.165, 1.54) is 16.7 Å². The van der Waals surface area contributed by atoms with Gasteiger partial charge in [-0.15, -0.1) is 0 Å². The number of nitrogens with zero attached hydrogens (tertiary/aromatic N) is 4. The van der Waals surface area contributed by atoms with Gasteiger partial charge in [-0.05, 0) is 22.8 Å². The van der Waals surface area contributed by atoms with Crippen molar-refractivity contribution in [3.8, 4) is 11.1 Å². The molecule has 0 amide bonds. The summed E-state index contributed by atoms with van der Waals surface area (Å²) in [7, 11) is 0. The molecule has 2 aliphatic carbocycles. The number of aromatic nitrogens is 2. The zero-order valence-corrected chi connectivity index (χ0v) is 13.1. The highest BCUT2D eigenvalue weighted by Crippen LogP contribution is 2.28. The van der Waals surface area contributed by atoms with Crippen molar-refractivity contribution in [2.24, 2.45) is 0 Å². The second-order valence-corrected chi connectivity index (χ2v) is 5.95. The molecular weight excluding hydrogens is 284 g/mol. The van der Waals surface area contributed by atoms with Crippen LogP contribution in [0.1, 0.15) is 5.56 Å². The van der Waals surface area contributed by atoms with Gasteiger partial charge < -0.3 is 4.90 Å². The second kappa shape index (κ2) is 6.34. The van der Waals surface area contributed by atoms with Crippen LogP contribution in [0.4, 0.5) is 5.95 Å². The molecule has 0 bridgehead atoms. The minimum absolute atomic E-state index is 0.845. The Morgan fingerprint density at radius 3 is 2.39 bits per heavy atom. The summed E-state index contributed by atoms with van der Waals surface area (Å²) in [4.78, 5) is 13.5. The normalized spacial score (nSPS) is 15.9. The van der Waals surface area contributed by atoms with E-state index >= 15 is 0 Å². The van der Waals surface area contributed by atoms with E-state index in [1.807, 2.05) is 18.5 Å². The molecule has 1 saturated heterocycles. The highest BCUT2D eigenvalue weighted by atomic mass is 15.3. The van der Waals surface area contributed by atoms with Crippen molar-refractivity contribution in [2.45, 2.75) is 6.54 Å². The smallest absolute Gasteiger partial charge is 0.225 e. The molecule has 1 aromatic heterocycles. The van der Waals surface area contributed by atoms with Gasteiger partial charge in [0, 0.05) is 45.1 Å². The van der Waals surface area contributed by atoms with Gasteiger partial charge in [0.1, 0.15) is 0 Å². The van der Waals surface area contributed by atoms with E-state index in [0.29, 0.717) is 0 Å². The third-order valence-electron chi connectivity index (χ3n) is 4.48. The predicted molar refractivity (Wildman–Crippen MR) is 92.6 cm³/mol. The zero-order chi connectivity index (χ0) is 15.5. The van der Waals surface area contributed by atoms with Gasteiger partial charge in [-0.3, -0.25) is 4.90 Å². The van der Waals surface area contributed by atoms with Crippen molar-refractivity contribution in [1.82, 2.24) is 14.9 Å².